The minimum absolute atomic E-state index is 0.0790. The Balaban J connectivity index is 2.05. The Hall–Kier alpha value is -2.29. The van der Waals surface area contributed by atoms with Gasteiger partial charge in [-0.1, -0.05) is 50.2 Å². The van der Waals surface area contributed by atoms with Crippen molar-refractivity contribution in [3.63, 3.8) is 0 Å². The summed E-state index contributed by atoms with van der Waals surface area (Å²) >= 11 is 0. The highest BCUT2D eigenvalue weighted by atomic mass is 16.3. The lowest BCUT2D eigenvalue weighted by Gasteiger charge is -2.14. The summed E-state index contributed by atoms with van der Waals surface area (Å²) in [5.74, 6) is 0.300. The molecule has 2 N–H and O–H groups in total. The molecule has 1 unspecified atom stereocenters. The van der Waals surface area contributed by atoms with Gasteiger partial charge in [0.05, 0.1) is 11.6 Å². The van der Waals surface area contributed by atoms with E-state index < -0.39 is 0 Å². The largest absolute Gasteiger partial charge is 0.506 e. The maximum Gasteiger partial charge on any atom is 0.231 e. The molecule has 3 heteroatoms. The molecule has 0 fully saturated rings. The molecule has 0 saturated heterocycles. The lowest BCUT2D eigenvalue weighted by Crippen LogP contribution is -2.18. The Morgan fingerprint density at radius 2 is 1.68 bits per heavy atom. The molecule has 2 rings (SSSR count). The summed E-state index contributed by atoms with van der Waals surface area (Å²) in [5, 5.41) is 12.5. The van der Waals surface area contributed by atoms with E-state index in [9.17, 15) is 9.90 Å². The van der Waals surface area contributed by atoms with E-state index in [1.165, 1.54) is 5.56 Å². The van der Waals surface area contributed by atoms with Crippen LogP contribution < -0.4 is 5.32 Å². The molecule has 0 aromatic heterocycles. The molecule has 0 saturated carbocycles. The van der Waals surface area contributed by atoms with Crippen LogP contribution in [-0.4, -0.2) is 11.0 Å². The van der Waals surface area contributed by atoms with Crippen LogP contribution in [0.3, 0.4) is 0 Å². The van der Waals surface area contributed by atoms with E-state index >= 15 is 0 Å². The zero-order valence-corrected chi connectivity index (χ0v) is 13.3. The van der Waals surface area contributed by atoms with Crippen LogP contribution in [0.2, 0.25) is 0 Å². The van der Waals surface area contributed by atoms with Crippen LogP contribution in [0.5, 0.6) is 5.75 Å². The van der Waals surface area contributed by atoms with Gasteiger partial charge >= 0.3 is 0 Å². The smallest absolute Gasteiger partial charge is 0.231 e. The van der Waals surface area contributed by atoms with Gasteiger partial charge in [-0.2, -0.15) is 0 Å². The van der Waals surface area contributed by atoms with Gasteiger partial charge in [0.1, 0.15) is 5.75 Å². The average Bonchev–Trinajstić information content (AvgIpc) is 2.49. The van der Waals surface area contributed by atoms with Gasteiger partial charge in [-0.15, -0.1) is 0 Å². The maximum absolute atomic E-state index is 12.3. The van der Waals surface area contributed by atoms with E-state index in [0.29, 0.717) is 11.6 Å². The number of carbonyl (C=O) groups excluding carboxylic acids is 1. The van der Waals surface area contributed by atoms with Gasteiger partial charge in [-0.05, 0) is 42.5 Å². The first-order valence-corrected chi connectivity index (χ1v) is 7.65. The zero-order valence-electron chi connectivity index (χ0n) is 13.3. The van der Waals surface area contributed by atoms with Crippen molar-refractivity contribution in [2.45, 2.75) is 33.1 Å². The molecule has 0 spiro atoms. The number of amides is 1. The Kier molecular flexibility index (Phi) is 5.21. The quantitative estimate of drug-likeness (QED) is 0.807. The number of benzene rings is 2. The van der Waals surface area contributed by atoms with E-state index in [1.54, 1.807) is 24.3 Å². The van der Waals surface area contributed by atoms with Crippen LogP contribution in [0.25, 0.3) is 0 Å². The van der Waals surface area contributed by atoms with Gasteiger partial charge < -0.3 is 10.4 Å². The minimum atomic E-state index is -0.271. The molecule has 1 atom stereocenters. The predicted octanol–water partition coefficient (Wildman–Crippen LogP) is 4.33. The molecule has 22 heavy (non-hydrogen) atoms. The lowest BCUT2D eigenvalue weighted by molar-refractivity contribution is -0.117. The molecular weight excluding hydrogens is 274 g/mol. The number of phenols is 1. The highest BCUT2D eigenvalue weighted by Crippen LogP contribution is 2.24. The van der Waals surface area contributed by atoms with Crippen LogP contribution in [0.4, 0.5) is 5.69 Å². The molecular formula is C19H23NO2. The monoisotopic (exact) mass is 297 g/mol. The predicted molar refractivity (Wildman–Crippen MR) is 90.1 cm³/mol. The van der Waals surface area contributed by atoms with Crippen molar-refractivity contribution in [1.29, 1.82) is 0 Å². The van der Waals surface area contributed by atoms with Crippen LogP contribution in [-0.2, 0) is 11.2 Å². The number of rotatable bonds is 5. The van der Waals surface area contributed by atoms with E-state index in [4.69, 9.17) is 0 Å². The normalized spacial score (nSPS) is 12.2. The summed E-state index contributed by atoms with van der Waals surface area (Å²) in [5.41, 5.74) is 2.70. The highest BCUT2D eigenvalue weighted by molar-refractivity contribution is 5.96. The Morgan fingerprint density at radius 1 is 1.05 bits per heavy atom. The fraction of sp³-hybridized carbons (Fsp3) is 0.316. The molecule has 0 aliphatic heterocycles. The fourth-order valence-corrected chi connectivity index (χ4v) is 2.39. The summed E-state index contributed by atoms with van der Waals surface area (Å²) in [4.78, 5) is 12.3. The number of phenolic OH excluding ortho intramolecular Hbond substituents is 1. The van der Waals surface area contributed by atoms with Crippen LogP contribution in [0, 0.1) is 5.92 Å². The summed E-state index contributed by atoms with van der Waals surface area (Å²) in [6.45, 7) is 6.25. The number of nitrogens with one attached hydrogen (secondary N) is 1. The second-order valence-electron chi connectivity index (χ2n) is 6.07. The number of hydrogen-bond donors (Lipinski definition) is 2. The van der Waals surface area contributed by atoms with Crippen molar-refractivity contribution in [1.82, 2.24) is 0 Å². The van der Waals surface area contributed by atoms with Gasteiger partial charge in [-0.3, -0.25) is 4.79 Å². The van der Waals surface area contributed by atoms with Crippen molar-refractivity contribution in [3.05, 3.63) is 59.7 Å². The number of aromatic hydroxyl groups is 1. The van der Waals surface area contributed by atoms with E-state index in [0.717, 1.165) is 12.0 Å². The van der Waals surface area contributed by atoms with Gasteiger partial charge in [0.25, 0.3) is 0 Å². The standard InChI is InChI=1S/C19H23NO2/c1-13(2)12-15-8-10-16(11-9-15)14(3)19(22)20-17-6-4-5-7-18(17)21/h4-11,13-14,21H,12H2,1-3H3,(H,20,22). The van der Waals surface area contributed by atoms with Crippen molar-refractivity contribution in [3.8, 4) is 5.75 Å². The van der Waals surface area contributed by atoms with Gasteiger partial charge in [0.2, 0.25) is 5.91 Å². The first-order chi connectivity index (χ1) is 10.5. The van der Waals surface area contributed by atoms with Crippen molar-refractivity contribution < 1.29 is 9.90 Å². The molecule has 1 amide bonds. The number of carbonyl (C=O) groups is 1. The van der Waals surface area contributed by atoms with E-state index in [1.807, 2.05) is 19.1 Å². The maximum atomic E-state index is 12.3. The Labute approximate surface area is 132 Å². The lowest BCUT2D eigenvalue weighted by atomic mass is 9.96. The second-order valence-corrected chi connectivity index (χ2v) is 6.07. The van der Waals surface area contributed by atoms with Crippen LogP contribution in [0.15, 0.2) is 48.5 Å². The molecule has 3 nitrogen and oxygen atoms in total. The fourth-order valence-electron chi connectivity index (χ4n) is 2.39. The Morgan fingerprint density at radius 3 is 2.27 bits per heavy atom. The summed E-state index contributed by atoms with van der Waals surface area (Å²) in [7, 11) is 0. The van der Waals surface area contributed by atoms with E-state index in [2.05, 4.69) is 31.3 Å². The van der Waals surface area contributed by atoms with E-state index in [-0.39, 0.29) is 17.6 Å². The van der Waals surface area contributed by atoms with Gasteiger partial charge in [-0.25, -0.2) is 0 Å². The molecule has 2 aromatic carbocycles. The SMILES string of the molecule is CC(C)Cc1ccc(C(C)C(=O)Nc2ccccc2O)cc1. The average molecular weight is 297 g/mol. The topological polar surface area (TPSA) is 49.3 Å². The summed E-state index contributed by atoms with van der Waals surface area (Å²) in [6.07, 6.45) is 1.04. The molecule has 0 bridgehead atoms. The molecule has 2 aromatic rings. The van der Waals surface area contributed by atoms with Crippen molar-refractivity contribution in [2.75, 3.05) is 5.32 Å². The number of para-hydroxylation sites is 2. The van der Waals surface area contributed by atoms with Crippen LogP contribution in [0.1, 0.15) is 37.8 Å². The first-order valence-electron chi connectivity index (χ1n) is 7.65. The van der Waals surface area contributed by atoms with Gasteiger partial charge in [0.15, 0.2) is 0 Å². The second kappa shape index (κ2) is 7.12. The molecule has 0 radical (unpaired) electrons. The highest BCUT2D eigenvalue weighted by Gasteiger charge is 2.16. The first kappa shape index (κ1) is 16.1. The third-order valence-corrected chi connectivity index (χ3v) is 3.68. The Bertz CT molecular complexity index is 632. The van der Waals surface area contributed by atoms with Crippen LogP contribution >= 0.6 is 0 Å². The van der Waals surface area contributed by atoms with Gasteiger partial charge in [0, 0.05) is 0 Å². The number of anilines is 1. The third-order valence-electron chi connectivity index (χ3n) is 3.68. The minimum Gasteiger partial charge on any atom is -0.506 e. The molecule has 0 aliphatic rings. The van der Waals surface area contributed by atoms with Crippen molar-refractivity contribution in [2.24, 2.45) is 5.92 Å². The summed E-state index contributed by atoms with van der Waals surface area (Å²) < 4.78 is 0. The molecule has 0 aliphatic carbocycles. The third kappa shape index (κ3) is 4.10. The summed E-state index contributed by atoms with van der Waals surface area (Å²) in [6, 6.07) is 14.9. The molecule has 116 valence electrons. The van der Waals surface area contributed by atoms with Crippen molar-refractivity contribution >= 4 is 11.6 Å². The zero-order chi connectivity index (χ0) is 16.1. The number of hydrogen-bond acceptors (Lipinski definition) is 2. The molecule has 0 heterocycles.